The maximum Gasteiger partial charge on any atom is 0.339 e. The van der Waals surface area contributed by atoms with Crippen LogP contribution >= 0.6 is 0 Å². The molecule has 0 bridgehead atoms. The SMILES string of the molecule is C=CC(=O)OC(CCCCC)CCOC(=O)c1ccccc1C(=O)O. The van der Waals surface area contributed by atoms with Gasteiger partial charge in [-0.2, -0.15) is 0 Å². The maximum atomic E-state index is 12.1. The lowest BCUT2D eigenvalue weighted by Crippen LogP contribution is -2.20. The van der Waals surface area contributed by atoms with Crippen LogP contribution in [-0.4, -0.2) is 35.7 Å². The number of hydrogen-bond donors (Lipinski definition) is 1. The molecule has 0 aliphatic heterocycles. The number of aromatic carboxylic acids is 1. The van der Waals surface area contributed by atoms with Crippen LogP contribution in [0.3, 0.4) is 0 Å². The number of ether oxygens (including phenoxy) is 2. The van der Waals surface area contributed by atoms with Crippen molar-refractivity contribution in [2.24, 2.45) is 0 Å². The van der Waals surface area contributed by atoms with Crippen LogP contribution in [0.25, 0.3) is 0 Å². The molecule has 0 aliphatic rings. The Hall–Kier alpha value is -2.63. The van der Waals surface area contributed by atoms with E-state index in [0.29, 0.717) is 12.8 Å². The van der Waals surface area contributed by atoms with E-state index in [1.165, 1.54) is 12.1 Å². The summed E-state index contributed by atoms with van der Waals surface area (Å²) in [6, 6.07) is 5.86. The first kappa shape index (κ1) is 20.4. The van der Waals surface area contributed by atoms with Crippen molar-refractivity contribution in [2.75, 3.05) is 6.61 Å². The van der Waals surface area contributed by atoms with Crippen molar-refractivity contribution in [2.45, 2.75) is 45.1 Å². The fourth-order valence-corrected chi connectivity index (χ4v) is 2.31. The summed E-state index contributed by atoms with van der Waals surface area (Å²) in [6.45, 7) is 5.48. The Morgan fingerprint density at radius 3 is 2.44 bits per heavy atom. The summed E-state index contributed by atoms with van der Waals surface area (Å²) in [5.41, 5.74) is -0.106. The zero-order valence-electron chi connectivity index (χ0n) is 14.4. The monoisotopic (exact) mass is 348 g/mol. The number of hydrogen-bond acceptors (Lipinski definition) is 5. The quantitative estimate of drug-likeness (QED) is 0.373. The Kier molecular flexibility index (Phi) is 9.00. The zero-order chi connectivity index (χ0) is 18.7. The first-order chi connectivity index (χ1) is 12.0. The van der Waals surface area contributed by atoms with Crippen molar-refractivity contribution in [1.82, 2.24) is 0 Å². The van der Waals surface area contributed by atoms with E-state index < -0.39 is 17.9 Å². The fourth-order valence-electron chi connectivity index (χ4n) is 2.31. The minimum absolute atomic E-state index is 0.000573. The summed E-state index contributed by atoms with van der Waals surface area (Å²) in [5, 5.41) is 9.10. The van der Waals surface area contributed by atoms with Crippen molar-refractivity contribution < 1.29 is 29.0 Å². The molecule has 1 aromatic carbocycles. The normalized spacial score (nSPS) is 11.4. The van der Waals surface area contributed by atoms with Crippen molar-refractivity contribution in [3.63, 3.8) is 0 Å². The second-order valence-corrected chi connectivity index (χ2v) is 5.53. The first-order valence-corrected chi connectivity index (χ1v) is 8.32. The lowest BCUT2D eigenvalue weighted by atomic mass is 10.1. The van der Waals surface area contributed by atoms with Gasteiger partial charge in [-0.15, -0.1) is 0 Å². The van der Waals surface area contributed by atoms with Gasteiger partial charge in [-0.3, -0.25) is 0 Å². The number of rotatable bonds is 11. The third kappa shape index (κ3) is 7.20. The standard InChI is InChI=1S/C19H24O6/c1-3-5-6-9-14(25-17(20)4-2)12-13-24-19(23)16-11-8-7-10-15(16)18(21)22/h4,7-8,10-11,14H,2-3,5-6,9,12-13H2,1H3,(H,21,22). The van der Waals surface area contributed by atoms with Crippen LogP contribution in [-0.2, 0) is 14.3 Å². The van der Waals surface area contributed by atoms with Crippen LogP contribution in [0, 0.1) is 0 Å². The molecule has 0 saturated heterocycles. The van der Waals surface area contributed by atoms with Crippen LogP contribution < -0.4 is 0 Å². The molecule has 1 N–H and O–H groups in total. The highest BCUT2D eigenvalue weighted by molar-refractivity contribution is 6.02. The predicted molar refractivity (Wildman–Crippen MR) is 92.5 cm³/mol. The number of benzene rings is 1. The Morgan fingerprint density at radius 2 is 1.84 bits per heavy atom. The summed E-state index contributed by atoms with van der Waals surface area (Å²) in [4.78, 5) is 34.6. The number of esters is 2. The summed E-state index contributed by atoms with van der Waals surface area (Å²) in [6.07, 6.45) is 4.74. The Balaban J connectivity index is 2.59. The van der Waals surface area contributed by atoms with E-state index in [1.54, 1.807) is 12.1 Å². The second-order valence-electron chi connectivity index (χ2n) is 5.53. The van der Waals surface area contributed by atoms with Crippen LogP contribution in [0.15, 0.2) is 36.9 Å². The van der Waals surface area contributed by atoms with Gasteiger partial charge in [0.05, 0.1) is 17.7 Å². The molecule has 1 rings (SSSR count). The molecular formula is C19H24O6. The van der Waals surface area contributed by atoms with Crippen molar-refractivity contribution in [3.8, 4) is 0 Å². The summed E-state index contributed by atoms with van der Waals surface area (Å²) >= 11 is 0. The van der Waals surface area contributed by atoms with E-state index in [0.717, 1.165) is 25.3 Å². The number of unbranched alkanes of at least 4 members (excludes halogenated alkanes) is 2. The summed E-state index contributed by atoms with van der Waals surface area (Å²) < 4.78 is 10.4. The molecule has 0 amide bonds. The molecule has 1 aromatic rings. The minimum Gasteiger partial charge on any atom is -0.478 e. The average Bonchev–Trinajstić information content (AvgIpc) is 2.61. The molecule has 0 heterocycles. The summed E-state index contributed by atoms with van der Waals surface area (Å²) in [7, 11) is 0. The van der Waals surface area contributed by atoms with Gasteiger partial charge in [0.2, 0.25) is 0 Å². The van der Waals surface area contributed by atoms with Crippen molar-refractivity contribution in [3.05, 3.63) is 48.0 Å². The molecule has 0 radical (unpaired) electrons. The molecule has 0 aromatic heterocycles. The fraction of sp³-hybridized carbons (Fsp3) is 0.421. The Morgan fingerprint density at radius 1 is 1.16 bits per heavy atom. The van der Waals surface area contributed by atoms with E-state index in [1.807, 2.05) is 0 Å². The Bertz CT molecular complexity index is 608. The van der Waals surface area contributed by atoms with Gasteiger partial charge in [0.1, 0.15) is 6.10 Å². The predicted octanol–water partition coefficient (Wildman–Crippen LogP) is 3.61. The number of carboxylic acids is 1. The van der Waals surface area contributed by atoms with E-state index in [9.17, 15) is 14.4 Å². The number of carboxylic acid groups (broad SMARTS) is 1. The van der Waals surface area contributed by atoms with Gasteiger partial charge < -0.3 is 14.6 Å². The highest BCUT2D eigenvalue weighted by atomic mass is 16.6. The lowest BCUT2D eigenvalue weighted by molar-refractivity contribution is -0.144. The molecule has 0 saturated carbocycles. The van der Waals surface area contributed by atoms with Crippen LogP contribution in [0.2, 0.25) is 0 Å². The van der Waals surface area contributed by atoms with Gasteiger partial charge >= 0.3 is 17.9 Å². The van der Waals surface area contributed by atoms with Crippen LogP contribution in [0.1, 0.15) is 59.7 Å². The number of carbonyl (C=O) groups excluding carboxylic acids is 2. The third-order valence-corrected chi connectivity index (χ3v) is 3.63. The average molecular weight is 348 g/mol. The molecule has 136 valence electrons. The molecule has 0 aliphatic carbocycles. The van der Waals surface area contributed by atoms with E-state index in [-0.39, 0.29) is 23.8 Å². The molecule has 6 heteroatoms. The molecule has 1 atom stereocenters. The number of carbonyl (C=O) groups is 3. The van der Waals surface area contributed by atoms with Gasteiger partial charge in [-0.05, 0) is 25.0 Å². The van der Waals surface area contributed by atoms with Gasteiger partial charge in [-0.1, -0.05) is 38.5 Å². The topological polar surface area (TPSA) is 89.9 Å². The largest absolute Gasteiger partial charge is 0.478 e. The van der Waals surface area contributed by atoms with Gasteiger partial charge in [0, 0.05) is 12.5 Å². The smallest absolute Gasteiger partial charge is 0.339 e. The lowest BCUT2D eigenvalue weighted by Gasteiger charge is -2.17. The van der Waals surface area contributed by atoms with Gasteiger partial charge in [-0.25, -0.2) is 14.4 Å². The minimum atomic E-state index is -1.19. The highest BCUT2D eigenvalue weighted by Crippen LogP contribution is 2.14. The van der Waals surface area contributed by atoms with E-state index >= 15 is 0 Å². The third-order valence-electron chi connectivity index (χ3n) is 3.63. The van der Waals surface area contributed by atoms with Gasteiger partial charge in [0.15, 0.2) is 0 Å². The van der Waals surface area contributed by atoms with Crippen molar-refractivity contribution in [1.29, 1.82) is 0 Å². The zero-order valence-corrected chi connectivity index (χ0v) is 14.4. The maximum absolute atomic E-state index is 12.1. The molecule has 25 heavy (non-hydrogen) atoms. The van der Waals surface area contributed by atoms with Crippen LogP contribution in [0.5, 0.6) is 0 Å². The van der Waals surface area contributed by atoms with Crippen LogP contribution in [0.4, 0.5) is 0 Å². The molecule has 0 fully saturated rings. The second kappa shape index (κ2) is 11.0. The molecule has 6 nitrogen and oxygen atoms in total. The van der Waals surface area contributed by atoms with Crippen molar-refractivity contribution >= 4 is 17.9 Å². The molecular weight excluding hydrogens is 324 g/mol. The summed E-state index contributed by atoms with van der Waals surface area (Å²) in [5.74, 6) is -2.41. The van der Waals surface area contributed by atoms with Gasteiger partial charge in [0.25, 0.3) is 0 Å². The highest BCUT2D eigenvalue weighted by Gasteiger charge is 2.18. The molecule has 0 spiro atoms. The van der Waals surface area contributed by atoms with E-state index in [2.05, 4.69) is 13.5 Å². The van der Waals surface area contributed by atoms with E-state index in [4.69, 9.17) is 14.6 Å². The molecule has 1 unspecified atom stereocenters. The Labute approximate surface area is 147 Å². The first-order valence-electron chi connectivity index (χ1n) is 8.32.